The fourth-order valence-electron chi connectivity index (χ4n) is 1.92. The highest BCUT2D eigenvalue weighted by molar-refractivity contribution is 8.01. The Morgan fingerprint density at radius 2 is 1.68 bits per heavy atom. The van der Waals surface area contributed by atoms with Gasteiger partial charge >= 0.3 is 6.18 Å². The van der Waals surface area contributed by atoms with E-state index in [0.29, 0.717) is 11.1 Å². The molecule has 0 saturated carbocycles. The van der Waals surface area contributed by atoms with E-state index < -0.39 is 17.2 Å². The number of allylic oxidation sites excluding steroid dienone is 2. The third-order valence-electron chi connectivity index (χ3n) is 3.23. The molecule has 6 heteroatoms. The molecule has 0 radical (unpaired) electrons. The van der Waals surface area contributed by atoms with Crippen LogP contribution in [0.25, 0.3) is 5.57 Å². The number of rotatable bonds is 4. The highest BCUT2D eigenvalue weighted by Crippen LogP contribution is 2.41. The van der Waals surface area contributed by atoms with Crippen molar-refractivity contribution in [1.29, 1.82) is 10.5 Å². The summed E-state index contributed by atoms with van der Waals surface area (Å²) in [5.41, 5.74) is -1.42. The van der Waals surface area contributed by atoms with Crippen LogP contribution in [0.2, 0.25) is 0 Å². The van der Waals surface area contributed by atoms with Gasteiger partial charge in [0.05, 0.1) is 17.7 Å². The molecule has 1 aromatic rings. The third-order valence-corrected chi connectivity index (χ3v) is 3.82. The SMILES string of the molecule is C=C(c1ccc(C(F)(F)F)cc1)C(C#N)(C#N)/C(C)=C/SC. The van der Waals surface area contributed by atoms with Crippen LogP contribution in [-0.2, 0) is 6.18 Å². The minimum absolute atomic E-state index is 0.161. The minimum atomic E-state index is -4.43. The first kappa shape index (κ1) is 17.9. The average Bonchev–Trinajstić information content (AvgIpc) is 2.48. The molecule has 0 aliphatic rings. The number of hydrogen-bond acceptors (Lipinski definition) is 3. The number of halogens is 3. The van der Waals surface area contributed by atoms with E-state index in [1.807, 2.05) is 12.1 Å². The van der Waals surface area contributed by atoms with E-state index in [9.17, 15) is 23.7 Å². The van der Waals surface area contributed by atoms with Gasteiger partial charge in [-0.1, -0.05) is 18.7 Å². The van der Waals surface area contributed by atoms with Crippen LogP contribution < -0.4 is 0 Å². The van der Waals surface area contributed by atoms with Crippen LogP contribution in [-0.4, -0.2) is 6.26 Å². The first-order valence-electron chi connectivity index (χ1n) is 6.12. The van der Waals surface area contributed by atoms with Crippen molar-refractivity contribution in [3.8, 4) is 12.1 Å². The molecule has 0 unspecified atom stereocenters. The Hall–Kier alpha value is -2.18. The van der Waals surface area contributed by atoms with Gasteiger partial charge in [0, 0.05) is 0 Å². The monoisotopic (exact) mass is 322 g/mol. The van der Waals surface area contributed by atoms with Crippen molar-refractivity contribution in [2.24, 2.45) is 5.41 Å². The van der Waals surface area contributed by atoms with Crippen LogP contribution >= 0.6 is 11.8 Å². The number of benzene rings is 1. The summed E-state index contributed by atoms with van der Waals surface area (Å²) in [6.45, 7) is 5.38. The van der Waals surface area contributed by atoms with Gasteiger partial charge in [-0.05, 0) is 47.4 Å². The normalized spacial score (nSPS) is 12.4. The molecule has 0 aliphatic carbocycles. The molecular formula is C16H13F3N2S. The van der Waals surface area contributed by atoms with E-state index in [-0.39, 0.29) is 5.57 Å². The molecule has 0 fully saturated rings. The Bertz CT molecular complexity index is 659. The predicted octanol–water partition coefficient (Wildman–Crippen LogP) is 5.02. The number of hydrogen-bond donors (Lipinski definition) is 0. The second-order valence-electron chi connectivity index (χ2n) is 4.56. The lowest BCUT2D eigenvalue weighted by molar-refractivity contribution is -0.137. The Morgan fingerprint density at radius 3 is 2.05 bits per heavy atom. The predicted molar refractivity (Wildman–Crippen MR) is 81.4 cm³/mol. The average molecular weight is 322 g/mol. The first-order valence-corrected chi connectivity index (χ1v) is 7.41. The molecule has 0 amide bonds. The van der Waals surface area contributed by atoms with Crippen LogP contribution in [0.4, 0.5) is 13.2 Å². The fraction of sp³-hybridized carbons (Fsp3) is 0.250. The maximum absolute atomic E-state index is 12.6. The highest BCUT2D eigenvalue weighted by atomic mass is 32.2. The van der Waals surface area contributed by atoms with Crippen LogP contribution in [0.5, 0.6) is 0 Å². The lowest BCUT2D eigenvalue weighted by atomic mass is 9.75. The molecule has 22 heavy (non-hydrogen) atoms. The molecule has 0 saturated heterocycles. The summed E-state index contributed by atoms with van der Waals surface area (Å²) in [6, 6.07) is 8.12. The smallest absolute Gasteiger partial charge is 0.196 e. The van der Waals surface area contributed by atoms with Crippen molar-refractivity contribution in [3.63, 3.8) is 0 Å². The molecule has 0 spiro atoms. The number of nitrogens with zero attached hydrogens (tertiary/aromatic N) is 2. The van der Waals surface area contributed by atoms with Gasteiger partial charge in [-0.25, -0.2) is 0 Å². The molecule has 0 bridgehead atoms. The summed E-state index contributed by atoms with van der Waals surface area (Å²) < 4.78 is 37.7. The van der Waals surface area contributed by atoms with E-state index in [1.54, 1.807) is 18.6 Å². The summed E-state index contributed by atoms with van der Waals surface area (Å²) in [4.78, 5) is 0. The largest absolute Gasteiger partial charge is 0.416 e. The molecule has 0 aliphatic heterocycles. The van der Waals surface area contributed by atoms with Crippen LogP contribution in [0, 0.1) is 28.1 Å². The Labute approximate surface area is 131 Å². The Kier molecular flexibility index (Phi) is 5.46. The maximum atomic E-state index is 12.6. The van der Waals surface area contributed by atoms with Crippen molar-refractivity contribution in [1.82, 2.24) is 0 Å². The lowest BCUT2D eigenvalue weighted by Crippen LogP contribution is -2.19. The number of nitriles is 2. The van der Waals surface area contributed by atoms with E-state index in [2.05, 4.69) is 6.58 Å². The molecule has 114 valence electrons. The molecule has 1 rings (SSSR count). The second-order valence-corrected chi connectivity index (χ2v) is 5.27. The topological polar surface area (TPSA) is 47.6 Å². The van der Waals surface area contributed by atoms with Crippen molar-refractivity contribution in [2.45, 2.75) is 13.1 Å². The number of thioether (sulfide) groups is 1. The maximum Gasteiger partial charge on any atom is 0.416 e. The van der Waals surface area contributed by atoms with Crippen molar-refractivity contribution in [2.75, 3.05) is 6.26 Å². The zero-order chi connectivity index (χ0) is 17.0. The second kappa shape index (κ2) is 6.72. The molecule has 0 heterocycles. The third kappa shape index (κ3) is 3.35. The molecule has 0 N–H and O–H groups in total. The summed E-state index contributed by atoms with van der Waals surface area (Å²) in [5.74, 6) is 0. The summed E-state index contributed by atoms with van der Waals surface area (Å²) in [6.07, 6.45) is -2.65. The van der Waals surface area contributed by atoms with Crippen LogP contribution in [0.3, 0.4) is 0 Å². The highest BCUT2D eigenvalue weighted by Gasteiger charge is 2.37. The lowest BCUT2D eigenvalue weighted by Gasteiger charge is -2.23. The standard InChI is InChI=1S/C16H13F3N2S/c1-11(8-22-3)15(9-20,10-21)12(2)13-4-6-14(7-5-13)16(17,18)19/h4-8H,2H2,1,3H3/b11-8+. The van der Waals surface area contributed by atoms with Crippen molar-refractivity contribution in [3.05, 3.63) is 53.0 Å². The van der Waals surface area contributed by atoms with Gasteiger partial charge in [0.25, 0.3) is 0 Å². The van der Waals surface area contributed by atoms with Gasteiger partial charge in [-0.2, -0.15) is 23.7 Å². The van der Waals surface area contributed by atoms with Crippen molar-refractivity contribution < 1.29 is 13.2 Å². The molecular weight excluding hydrogens is 309 g/mol. The quantitative estimate of drug-likeness (QED) is 0.782. The van der Waals surface area contributed by atoms with Gasteiger partial charge in [-0.15, -0.1) is 11.8 Å². The van der Waals surface area contributed by atoms with Gasteiger partial charge in [0.2, 0.25) is 0 Å². The Balaban J connectivity index is 3.32. The van der Waals surface area contributed by atoms with Crippen LogP contribution in [0.15, 0.2) is 41.8 Å². The Morgan fingerprint density at radius 1 is 1.18 bits per heavy atom. The molecule has 0 atom stereocenters. The van der Waals surface area contributed by atoms with Gasteiger partial charge in [0.15, 0.2) is 5.41 Å². The molecule has 0 aromatic heterocycles. The number of alkyl halides is 3. The van der Waals surface area contributed by atoms with Gasteiger partial charge < -0.3 is 0 Å². The summed E-state index contributed by atoms with van der Waals surface area (Å²) in [7, 11) is 0. The fourth-order valence-corrected chi connectivity index (χ4v) is 2.45. The summed E-state index contributed by atoms with van der Waals surface area (Å²) in [5, 5.41) is 20.5. The van der Waals surface area contributed by atoms with Crippen LogP contribution in [0.1, 0.15) is 18.1 Å². The zero-order valence-electron chi connectivity index (χ0n) is 12.0. The van der Waals surface area contributed by atoms with E-state index in [0.717, 1.165) is 12.1 Å². The molecule has 1 aromatic carbocycles. The van der Waals surface area contributed by atoms with E-state index in [4.69, 9.17) is 0 Å². The van der Waals surface area contributed by atoms with Gasteiger partial charge in [0.1, 0.15) is 0 Å². The van der Waals surface area contributed by atoms with Gasteiger partial charge in [-0.3, -0.25) is 0 Å². The van der Waals surface area contributed by atoms with E-state index in [1.165, 1.54) is 23.9 Å². The first-order chi connectivity index (χ1) is 10.2. The van der Waals surface area contributed by atoms with E-state index >= 15 is 0 Å². The molecule has 2 nitrogen and oxygen atoms in total. The zero-order valence-corrected chi connectivity index (χ0v) is 12.8. The minimum Gasteiger partial charge on any atom is -0.196 e. The van der Waals surface area contributed by atoms with Crippen molar-refractivity contribution >= 4 is 17.3 Å². The summed E-state index contributed by atoms with van der Waals surface area (Å²) >= 11 is 1.33.